The lowest BCUT2D eigenvalue weighted by atomic mass is 10.1. The third kappa shape index (κ3) is 3.75. The van der Waals surface area contributed by atoms with Crippen LogP contribution in [0.25, 0.3) is 0 Å². The van der Waals surface area contributed by atoms with Crippen molar-refractivity contribution in [3.05, 3.63) is 69.8 Å². The Morgan fingerprint density at radius 2 is 1.46 bits per heavy atom. The lowest BCUT2D eigenvalue weighted by Crippen LogP contribution is -2.25. The van der Waals surface area contributed by atoms with Crippen LogP contribution in [-0.4, -0.2) is 22.8 Å². The summed E-state index contributed by atoms with van der Waals surface area (Å²) in [7, 11) is 0. The smallest absolute Gasteiger partial charge is 0.269 e. The SMILES string of the molecule is O=C(Nc1ccc(C(=O)NC2CC2)cc1)c1ccc([N+](=O)[O-])cc1. The molecule has 2 N–H and O–H groups in total. The fourth-order valence-electron chi connectivity index (χ4n) is 2.14. The van der Waals surface area contributed by atoms with E-state index >= 15 is 0 Å². The zero-order valence-electron chi connectivity index (χ0n) is 12.7. The van der Waals surface area contributed by atoms with Crippen LogP contribution >= 0.6 is 0 Å². The van der Waals surface area contributed by atoms with Gasteiger partial charge in [0.1, 0.15) is 0 Å². The van der Waals surface area contributed by atoms with E-state index in [1.807, 2.05) is 0 Å². The number of amides is 2. The highest BCUT2D eigenvalue weighted by Crippen LogP contribution is 2.20. The van der Waals surface area contributed by atoms with E-state index in [2.05, 4.69) is 10.6 Å². The minimum Gasteiger partial charge on any atom is -0.349 e. The molecule has 2 amide bonds. The first-order valence-corrected chi connectivity index (χ1v) is 7.49. The second-order valence-corrected chi connectivity index (χ2v) is 5.58. The van der Waals surface area contributed by atoms with E-state index in [0.717, 1.165) is 12.8 Å². The Morgan fingerprint density at radius 3 is 2.00 bits per heavy atom. The van der Waals surface area contributed by atoms with Crippen molar-refractivity contribution in [2.45, 2.75) is 18.9 Å². The van der Waals surface area contributed by atoms with E-state index in [1.165, 1.54) is 24.3 Å². The van der Waals surface area contributed by atoms with Crippen LogP contribution in [-0.2, 0) is 0 Å². The lowest BCUT2D eigenvalue weighted by molar-refractivity contribution is -0.384. The summed E-state index contributed by atoms with van der Waals surface area (Å²) in [6.07, 6.45) is 2.05. The molecule has 1 aliphatic carbocycles. The maximum absolute atomic E-state index is 12.1. The molecule has 0 radical (unpaired) electrons. The van der Waals surface area contributed by atoms with Gasteiger partial charge in [0.05, 0.1) is 4.92 Å². The van der Waals surface area contributed by atoms with Crippen molar-refractivity contribution in [3.8, 4) is 0 Å². The van der Waals surface area contributed by atoms with Crippen molar-refractivity contribution in [1.82, 2.24) is 5.32 Å². The molecule has 0 spiro atoms. The largest absolute Gasteiger partial charge is 0.349 e. The van der Waals surface area contributed by atoms with E-state index < -0.39 is 4.92 Å². The third-order valence-electron chi connectivity index (χ3n) is 3.66. The molecule has 0 unspecified atom stereocenters. The number of hydrogen-bond acceptors (Lipinski definition) is 4. The number of hydrogen-bond donors (Lipinski definition) is 2. The number of anilines is 1. The molecule has 122 valence electrons. The number of nitro benzene ring substituents is 1. The predicted molar refractivity (Wildman–Crippen MR) is 88.0 cm³/mol. The van der Waals surface area contributed by atoms with Gasteiger partial charge in [0, 0.05) is 35.0 Å². The Balaban J connectivity index is 1.63. The normalized spacial score (nSPS) is 13.2. The van der Waals surface area contributed by atoms with Gasteiger partial charge in [-0.3, -0.25) is 19.7 Å². The highest BCUT2D eigenvalue weighted by atomic mass is 16.6. The van der Waals surface area contributed by atoms with Crippen LogP contribution in [0, 0.1) is 10.1 Å². The number of nitro groups is 1. The van der Waals surface area contributed by atoms with Gasteiger partial charge in [0.25, 0.3) is 17.5 Å². The maximum atomic E-state index is 12.1. The van der Waals surface area contributed by atoms with E-state index in [0.29, 0.717) is 22.9 Å². The van der Waals surface area contributed by atoms with Crippen LogP contribution in [0.3, 0.4) is 0 Å². The van der Waals surface area contributed by atoms with Gasteiger partial charge in [-0.05, 0) is 49.2 Å². The van der Waals surface area contributed by atoms with Crippen molar-refractivity contribution in [2.24, 2.45) is 0 Å². The molecule has 24 heavy (non-hydrogen) atoms. The van der Waals surface area contributed by atoms with Gasteiger partial charge in [0.2, 0.25) is 0 Å². The van der Waals surface area contributed by atoms with Gasteiger partial charge < -0.3 is 10.6 Å². The summed E-state index contributed by atoms with van der Waals surface area (Å²) in [5.41, 5.74) is 1.32. The summed E-state index contributed by atoms with van der Waals surface area (Å²) >= 11 is 0. The van der Waals surface area contributed by atoms with E-state index in [1.54, 1.807) is 24.3 Å². The first kappa shape index (κ1) is 15.7. The van der Waals surface area contributed by atoms with Crippen LogP contribution in [0.2, 0.25) is 0 Å². The van der Waals surface area contributed by atoms with Crippen molar-refractivity contribution in [3.63, 3.8) is 0 Å². The number of nitrogens with one attached hydrogen (secondary N) is 2. The second-order valence-electron chi connectivity index (χ2n) is 5.58. The monoisotopic (exact) mass is 325 g/mol. The molecule has 3 rings (SSSR count). The summed E-state index contributed by atoms with van der Waals surface area (Å²) in [5.74, 6) is -0.495. The third-order valence-corrected chi connectivity index (χ3v) is 3.66. The molecule has 0 aliphatic heterocycles. The number of non-ortho nitro benzene ring substituents is 1. The maximum Gasteiger partial charge on any atom is 0.269 e. The number of carbonyl (C=O) groups excluding carboxylic acids is 2. The van der Waals surface area contributed by atoms with Crippen LogP contribution < -0.4 is 10.6 Å². The molecule has 7 heteroatoms. The second kappa shape index (κ2) is 6.49. The van der Waals surface area contributed by atoms with Crippen molar-refractivity contribution >= 4 is 23.2 Å². The van der Waals surface area contributed by atoms with Crippen LogP contribution in [0.4, 0.5) is 11.4 Å². The molecule has 0 saturated heterocycles. The zero-order valence-corrected chi connectivity index (χ0v) is 12.7. The molecule has 0 aromatic heterocycles. The topological polar surface area (TPSA) is 101 Å². The number of carbonyl (C=O) groups is 2. The van der Waals surface area contributed by atoms with Gasteiger partial charge in [-0.1, -0.05) is 0 Å². The van der Waals surface area contributed by atoms with Gasteiger partial charge >= 0.3 is 0 Å². The zero-order chi connectivity index (χ0) is 17.1. The van der Waals surface area contributed by atoms with E-state index in [9.17, 15) is 19.7 Å². The van der Waals surface area contributed by atoms with E-state index in [4.69, 9.17) is 0 Å². The predicted octanol–water partition coefficient (Wildman–Crippen LogP) is 2.74. The molecule has 0 heterocycles. The Bertz CT molecular complexity index is 780. The fourth-order valence-corrected chi connectivity index (χ4v) is 2.14. The minimum atomic E-state index is -0.521. The molecular formula is C17H15N3O4. The highest BCUT2D eigenvalue weighted by molar-refractivity contribution is 6.04. The molecular weight excluding hydrogens is 310 g/mol. The van der Waals surface area contributed by atoms with E-state index in [-0.39, 0.29) is 17.5 Å². The van der Waals surface area contributed by atoms with Crippen LogP contribution in [0.5, 0.6) is 0 Å². The molecule has 1 aliphatic rings. The first-order valence-electron chi connectivity index (χ1n) is 7.49. The number of rotatable bonds is 5. The summed E-state index contributed by atoms with van der Waals surface area (Å²) in [6, 6.07) is 12.2. The van der Waals surface area contributed by atoms with Gasteiger partial charge in [-0.25, -0.2) is 0 Å². The van der Waals surface area contributed by atoms with Gasteiger partial charge in [-0.2, -0.15) is 0 Å². The standard InChI is InChI=1S/C17H15N3O4/c21-16(19-14-7-8-14)11-1-5-13(6-2-11)18-17(22)12-3-9-15(10-4-12)20(23)24/h1-6,9-10,14H,7-8H2,(H,18,22)(H,19,21). The summed E-state index contributed by atoms with van der Waals surface area (Å²) < 4.78 is 0. The first-order chi connectivity index (χ1) is 11.5. The van der Waals surface area contributed by atoms with Crippen molar-refractivity contribution in [1.29, 1.82) is 0 Å². The molecule has 1 fully saturated rings. The molecule has 2 aromatic carbocycles. The Hall–Kier alpha value is -3.22. The lowest BCUT2D eigenvalue weighted by Gasteiger charge is -2.07. The molecule has 2 aromatic rings. The number of benzene rings is 2. The Kier molecular flexibility index (Phi) is 4.24. The molecule has 7 nitrogen and oxygen atoms in total. The average Bonchev–Trinajstić information content (AvgIpc) is 3.39. The molecule has 1 saturated carbocycles. The van der Waals surface area contributed by atoms with Crippen molar-refractivity contribution in [2.75, 3.05) is 5.32 Å². The Labute approximate surface area is 137 Å². The summed E-state index contributed by atoms with van der Waals surface area (Å²) in [4.78, 5) is 34.1. The van der Waals surface area contributed by atoms with Crippen molar-refractivity contribution < 1.29 is 14.5 Å². The molecule has 0 bridgehead atoms. The fraction of sp³-hybridized carbons (Fsp3) is 0.176. The summed E-state index contributed by atoms with van der Waals surface area (Å²) in [6.45, 7) is 0. The Morgan fingerprint density at radius 1 is 0.917 bits per heavy atom. The van der Waals surface area contributed by atoms with Gasteiger partial charge in [-0.15, -0.1) is 0 Å². The number of nitrogens with zero attached hydrogens (tertiary/aromatic N) is 1. The minimum absolute atomic E-state index is 0.0717. The average molecular weight is 325 g/mol. The molecule has 0 atom stereocenters. The quantitative estimate of drug-likeness (QED) is 0.652. The van der Waals surface area contributed by atoms with Crippen LogP contribution in [0.15, 0.2) is 48.5 Å². The highest BCUT2D eigenvalue weighted by Gasteiger charge is 2.23. The van der Waals surface area contributed by atoms with Crippen LogP contribution in [0.1, 0.15) is 33.6 Å². The summed E-state index contributed by atoms with van der Waals surface area (Å²) in [5, 5.41) is 16.2. The van der Waals surface area contributed by atoms with Gasteiger partial charge in [0.15, 0.2) is 0 Å².